The van der Waals surface area contributed by atoms with E-state index in [1.54, 1.807) is 0 Å². The summed E-state index contributed by atoms with van der Waals surface area (Å²) in [5.74, 6) is -2.03. The molecule has 21 heavy (non-hydrogen) atoms. The number of piperidine rings is 1. The summed E-state index contributed by atoms with van der Waals surface area (Å²) >= 11 is 0. The van der Waals surface area contributed by atoms with E-state index in [0.29, 0.717) is 12.8 Å². The third-order valence-corrected chi connectivity index (χ3v) is 4.93. The summed E-state index contributed by atoms with van der Waals surface area (Å²) in [6, 6.07) is 0. The molecule has 10 heteroatoms. The molecule has 0 saturated carbocycles. The van der Waals surface area contributed by atoms with Crippen LogP contribution < -0.4 is 4.72 Å². The smallest absolute Gasteiger partial charge is 0.332 e. The lowest BCUT2D eigenvalue weighted by Crippen LogP contribution is -2.46. The number of aliphatic carboxylic acids is 1. The highest BCUT2D eigenvalue weighted by Crippen LogP contribution is 2.20. The Morgan fingerprint density at radius 1 is 1.38 bits per heavy atom. The number of aliphatic hydroxyl groups is 1. The van der Waals surface area contributed by atoms with E-state index in [9.17, 15) is 18.0 Å². The lowest BCUT2D eigenvalue weighted by Gasteiger charge is -2.29. The van der Waals surface area contributed by atoms with Crippen molar-refractivity contribution in [2.45, 2.75) is 25.4 Å². The van der Waals surface area contributed by atoms with Gasteiger partial charge in [0.25, 0.3) is 10.2 Å². The molecule has 1 atom stereocenters. The summed E-state index contributed by atoms with van der Waals surface area (Å²) in [6.07, 6.45) is -1.05. The largest absolute Gasteiger partial charge is 0.479 e. The first-order chi connectivity index (χ1) is 9.77. The fraction of sp³-hybridized carbons (Fsp3) is 0.818. The number of aliphatic hydroxyl groups excluding tert-OH is 1. The Morgan fingerprint density at radius 2 is 1.95 bits per heavy atom. The van der Waals surface area contributed by atoms with Gasteiger partial charge in [0, 0.05) is 19.6 Å². The van der Waals surface area contributed by atoms with Crippen molar-refractivity contribution in [2.24, 2.45) is 5.92 Å². The monoisotopic (exact) mass is 324 g/mol. The topological polar surface area (TPSA) is 133 Å². The fourth-order valence-electron chi connectivity index (χ4n) is 2.04. The molecule has 1 rings (SSSR count). The van der Waals surface area contributed by atoms with E-state index in [4.69, 9.17) is 10.2 Å². The zero-order valence-electron chi connectivity index (χ0n) is 11.7. The number of hydrogen-bond acceptors (Lipinski definition) is 6. The summed E-state index contributed by atoms with van der Waals surface area (Å²) in [7, 11) is -2.44. The van der Waals surface area contributed by atoms with Crippen LogP contribution in [-0.2, 0) is 24.5 Å². The quantitative estimate of drug-likeness (QED) is 0.487. The van der Waals surface area contributed by atoms with Crippen LogP contribution in [0.15, 0.2) is 0 Å². The van der Waals surface area contributed by atoms with Crippen molar-refractivity contribution >= 4 is 22.1 Å². The van der Waals surface area contributed by atoms with E-state index in [-0.39, 0.29) is 37.9 Å². The number of carbonyl (C=O) groups excluding carboxylic acids is 1. The Bertz CT molecular complexity index is 471. The number of ether oxygens (including phenoxy) is 1. The maximum atomic E-state index is 12.0. The lowest BCUT2D eigenvalue weighted by molar-refractivity contribution is -0.147. The van der Waals surface area contributed by atoms with Gasteiger partial charge in [0.2, 0.25) is 0 Å². The van der Waals surface area contributed by atoms with E-state index in [0.717, 1.165) is 0 Å². The van der Waals surface area contributed by atoms with Crippen molar-refractivity contribution in [2.75, 3.05) is 26.7 Å². The van der Waals surface area contributed by atoms with Gasteiger partial charge in [-0.2, -0.15) is 12.7 Å². The van der Waals surface area contributed by atoms with Crippen LogP contribution in [0.4, 0.5) is 0 Å². The first-order valence-electron chi connectivity index (χ1n) is 6.51. The first kappa shape index (κ1) is 17.8. The summed E-state index contributed by atoms with van der Waals surface area (Å²) in [6.45, 7) is 0.208. The molecule has 122 valence electrons. The molecule has 0 aliphatic carbocycles. The van der Waals surface area contributed by atoms with Gasteiger partial charge in [-0.3, -0.25) is 4.79 Å². The van der Waals surface area contributed by atoms with Crippen LogP contribution >= 0.6 is 0 Å². The number of rotatable bonds is 7. The standard InChI is InChI=1S/C11H20N2O7S/c1-20-11(17)8-3-6-13(7-4-8)21(18,19)12-5-2-9(14)10(15)16/h8-9,12,14H,2-7H2,1H3,(H,15,16). The molecule has 1 saturated heterocycles. The molecule has 3 N–H and O–H groups in total. The van der Waals surface area contributed by atoms with Gasteiger partial charge in [-0.15, -0.1) is 0 Å². The lowest BCUT2D eigenvalue weighted by atomic mass is 9.99. The number of carbonyl (C=O) groups is 2. The Kier molecular flexibility index (Phi) is 6.52. The average Bonchev–Trinajstić information content (AvgIpc) is 2.46. The third-order valence-electron chi connectivity index (χ3n) is 3.32. The van der Waals surface area contributed by atoms with Crippen LogP contribution in [0.2, 0.25) is 0 Å². The second-order valence-corrected chi connectivity index (χ2v) is 6.49. The van der Waals surface area contributed by atoms with Gasteiger partial charge in [0.1, 0.15) is 0 Å². The summed E-state index contributed by atoms with van der Waals surface area (Å²) in [5.41, 5.74) is 0. The van der Waals surface area contributed by atoms with E-state index in [1.165, 1.54) is 11.4 Å². The Balaban J connectivity index is 2.42. The Labute approximate surface area is 123 Å². The number of nitrogens with zero attached hydrogens (tertiary/aromatic N) is 1. The van der Waals surface area contributed by atoms with Crippen molar-refractivity contribution < 1.29 is 33.0 Å². The van der Waals surface area contributed by atoms with Gasteiger partial charge >= 0.3 is 11.9 Å². The predicted octanol–water partition coefficient (Wildman–Crippen LogP) is -1.46. The minimum atomic E-state index is -3.73. The van der Waals surface area contributed by atoms with Crippen LogP contribution in [0.25, 0.3) is 0 Å². The van der Waals surface area contributed by atoms with Gasteiger partial charge in [0.05, 0.1) is 13.0 Å². The predicted molar refractivity (Wildman–Crippen MR) is 71.5 cm³/mol. The fourth-order valence-corrected chi connectivity index (χ4v) is 3.29. The summed E-state index contributed by atoms with van der Waals surface area (Å²) in [5, 5.41) is 17.5. The molecule has 1 fully saturated rings. The maximum absolute atomic E-state index is 12.0. The van der Waals surface area contributed by atoms with E-state index in [1.807, 2.05) is 0 Å². The number of esters is 1. The summed E-state index contributed by atoms with van der Waals surface area (Å²) in [4.78, 5) is 21.7. The molecular weight excluding hydrogens is 304 g/mol. The van der Waals surface area contributed by atoms with Crippen molar-refractivity contribution in [3.8, 4) is 0 Å². The molecule has 0 spiro atoms. The van der Waals surface area contributed by atoms with Crippen LogP contribution in [-0.4, -0.2) is 67.7 Å². The molecule has 1 heterocycles. The normalized spacial score (nSPS) is 19.1. The Hall–Kier alpha value is -1.23. The van der Waals surface area contributed by atoms with E-state index < -0.39 is 22.3 Å². The second-order valence-electron chi connectivity index (χ2n) is 4.74. The van der Waals surface area contributed by atoms with Crippen molar-refractivity contribution in [1.29, 1.82) is 0 Å². The van der Waals surface area contributed by atoms with Crippen molar-refractivity contribution in [3.63, 3.8) is 0 Å². The molecular formula is C11H20N2O7S. The van der Waals surface area contributed by atoms with Gasteiger partial charge in [-0.05, 0) is 19.3 Å². The molecule has 0 aromatic heterocycles. The van der Waals surface area contributed by atoms with Crippen LogP contribution in [0.1, 0.15) is 19.3 Å². The van der Waals surface area contributed by atoms with Crippen LogP contribution in [0, 0.1) is 5.92 Å². The molecule has 0 bridgehead atoms. The molecule has 0 amide bonds. The van der Waals surface area contributed by atoms with E-state index >= 15 is 0 Å². The second kappa shape index (κ2) is 7.69. The first-order valence-corrected chi connectivity index (χ1v) is 7.95. The molecule has 1 aliphatic rings. The molecule has 0 aromatic rings. The number of carboxylic acids is 1. The zero-order valence-corrected chi connectivity index (χ0v) is 12.5. The highest BCUT2D eigenvalue weighted by molar-refractivity contribution is 7.87. The van der Waals surface area contributed by atoms with Crippen LogP contribution in [0.5, 0.6) is 0 Å². The van der Waals surface area contributed by atoms with E-state index in [2.05, 4.69) is 9.46 Å². The maximum Gasteiger partial charge on any atom is 0.332 e. The van der Waals surface area contributed by atoms with Crippen LogP contribution in [0.3, 0.4) is 0 Å². The van der Waals surface area contributed by atoms with Crippen molar-refractivity contribution in [3.05, 3.63) is 0 Å². The third kappa shape index (κ3) is 5.23. The number of carboxylic acid groups (broad SMARTS) is 1. The zero-order chi connectivity index (χ0) is 16.0. The number of hydrogen-bond donors (Lipinski definition) is 3. The molecule has 9 nitrogen and oxygen atoms in total. The highest BCUT2D eigenvalue weighted by Gasteiger charge is 2.31. The molecule has 1 unspecified atom stereocenters. The average molecular weight is 324 g/mol. The molecule has 0 radical (unpaired) electrons. The van der Waals surface area contributed by atoms with Gasteiger partial charge in [-0.1, -0.05) is 0 Å². The molecule has 0 aromatic carbocycles. The number of methoxy groups -OCH3 is 1. The number of nitrogens with one attached hydrogen (secondary N) is 1. The molecule has 1 aliphatic heterocycles. The van der Waals surface area contributed by atoms with Crippen molar-refractivity contribution in [1.82, 2.24) is 9.03 Å². The van der Waals surface area contributed by atoms with Gasteiger partial charge in [-0.25, -0.2) is 9.52 Å². The summed E-state index contributed by atoms with van der Waals surface area (Å²) < 4.78 is 31.9. The van der Waals surface area contributed by atoms with Gasteiger partial charge < -0.3 is 14.9 Å². The Morgan fingerprint density at radius 3 is 2.43 bits per heavy atom. The SMILES string of the molecule is COC(=O)C1CCN(S(=O)(=O)NCCC(O)C(=O)O)CC1. The van der Waals surface area contributed by atoms with Gasteiger partial charge in [0.15, 0.2) is 6.10 Å². The minimum Gasteiger partial charge on any atom is -0.479 e. The highest BCUT2D eigenvalue weighted by atomic mass is 32.2. The minimum absolute atomic E-state index is 0.174.